The van der Waals surface area contributed by atoms with Gasteiger partial charge in [-0.1, -0.05) is 49.4 Å². The summed E-state index contributed by atoms with van der Waals surface area (Å²) in [7, 11) is 1.75. The van der Waals surface area contributed by atoms with Crippen molar-refractivity contribution in [1.82, 2.24) is 5.32 Å². The van der Waals surface area contributed by atoms with Crippen LogP contribution >= 0.6 is 0 Å². The van der Waals surface area contributed by atoms with Gasteiger partial charge in [-0.15, -0.1) is 0 Å². The summed E-state index contributed by atoms with van der Waals surface area (Å²) in [6.45, 7) is 3.46. The third-order valence-electron chi connectivity index (χ3n) is 4.74. The second kappa shape index (κ2) is 10.5. The zero-order valence-electron chi connectivity index (χ0n) is 16.0. The van der Waals surface area contributed by atoms with E-state index in [-0.39, 0.29) is 0 Å². The second-order valence-electron chi connectivity index (χ2n) is 6.75. The highest BCUT2D eigenvalue weighted by molar-refractivity contribution is 5.26. The molecule has 0 radical (unpaired) electrons. The van der Waals surface area contributed by atoms with Crippen LogP contribution in [-0.4, -0.2) is 19.8 Å². The molecular formula is C22H28F3NO. The molecule has 0 saturated carbocycles. The maximum atomic E-state index is 12.7. The van der Waals surface area contributed by atoms with Crippen molar-refractivity contribution >= 4 is 0 Å². The zero-order valence-corrected chi connectivity index (χ0v) is 16.0. The van der Waals surface area contributed by atoms with Gasteiger partial charge in [0.2, 0.25) is 0 Å². The van der Waals surface area contributed by atoms with Crippen LogP contribution in [0.1, 0.15) is 42.0 Å². The number of hydrogen-bond donors (Lipinski definition) is 1. The fourth-order valence-electron chi connectivity index (χ4n) is 3.01. The molecule has 0 spiro atoms. The van der Waals surface area contributed by atoms with Crippen LogP contribution < -0.4 is 5.32 Å². The van der Waals surface area contributed by atoms with E-state index in [0.717, 1.165) is 25.3 Å². The Balaban J connectivity index is 1.74. The van der Waals surface area contributed by atoms with Crippen LogP contribution in [0.2, 0.25) is 0 Å². The molecule has 0 aliphatic heterocycles. The quantitative estimate of drug-likeness (QED) is 0.559. The molecule has 0 heterocycles. The zero-order chi connectivity index (χ0) is 19.7. The van der Waals surface area contributed by atoms with Gasteiger partial charge in [0.05, 0.1) is 11.7 Å². The average molecular weight is 379 g/mol. The molecule has 2 nitrogen and oxygen atoms in total. The molecular weight excluding hydrogens is 351 g/mol. The van der Waals surface area contributed by atoms with Gasteiger partial charge in [0, 0.05) is 13.7 Å². The Morgan fingerprint density at radius 1 is 0.963 bits per heavy atom. The Morgan fingerprint density at radius 2 is 1.67 bits per heavy atom. The van der Waals surface area contributed by atoms with Gasteiger partial charge in [-0.05, 0) is 55.0 Å². The number of rotatable bonds is 10. The Bertz CT molecular complexity index is 679. The summed E-state index contributed by atoms with van der Waals surface area (Å²) in [5.74, 6) is 0. The van der Waals surface area contributed by atoms with E-state index in [1.807, 2.05) is 0 Å². The highest BCUT2D eigenvalue weighted by Gasteiger charge is 2.30. The first-order valence-corrected chi connectivity index (χ1v) is 9.40. The molecule has 27 heavy (non-hydrogen) atoms. The summed E-state index contributed by atoms with van der Waals surface area (Å²) in [5, 5.41) is 3.30. The van der Waals surface area contributed by atoms with Crippen molar-refractivity contribution in [2.45, 2.75) is 51.4 Å². The highest BCUT2D eigenvalue weighted by Crippen LogP contribution is 2.29. The lowest BCUT2D eigenvalue weighted by atomic mass is 10.0. The van der Waals surface area contributed by atoms with Gasteiger partial charge in [-0.2, -0.15) is 13.2 Å². The molecule has 0 fully saturated rings. The first kappa shape index (κ1) is 21.5. The van der Waals surface area contributed by atoms with E-state index in [9.17, 15) is 13.2 Å². The number of alkyl halides is 3. The van der Waals surface area contributed by atoms with Gasteiger partial charge < -0.3 is 10.1 Å². The van der Waals surface area contributed by atoms with E-state index >= 15 is 0 Å². The molecule has 0 saturated heterocycles. The standard InChI is InChI=1S/C22H28F3NO/c1-3-21(27-2)12-11-17-7-9-19(10-8-17)16-26-14-13-18-5-4-6-20(15-18)22(23,24)25/h4-10,15,21,26H,3,11-14,16H2,1-2H3. The molecule has 0 aliphatic rings. The number of hydrogen-bond acceptors (Lipinski definition) is 2. The van der Waals surface area contributed by atoms with Crippen LogP contribution in [0.4, 0.5) is 13.2 Å². The van der Waals surface area contributed by atoms with Crippen molar-refractivity contribution in [1.29, 1.82) is 0 Å². The molecule has 1 atom stereocenters. The average Bonchev–Trinajstić information content (AvgIpc) is 2.67. The Morgan fingerprint density at radius 3 is 2.30 bits per heavy atom. The first-order chi connectivity index (χ1) is 12.9. The highest BCUT2D eigenvalue weighted by atomic mass is 19.4. The maximum Gasteiger partial charge on any atom is 0.416 e. The first-order valence-electron chi connectivity index (χ1n) is 9.40. The third kappa shape index (κ3) is 7.35. The van der Waals surface area contributed by atoms with Gasteiger partial charge >= 0.3 is 6.18 Å². The lowest BCUT2D eigenvalue weighted by molar-refractivity contribution is -0.137. The van der Waals surface area contributed by atoms with E-state index in [0.29, 0.717) is 31.2 Å². The van der Waals surface area contributed by atoms with Crippen LogP contribution in [0.5, 0.6) is 0 Å². The van der Waals surface area contributed by atoms with Crippen LogP contribution in [0.15, 0.2) is 48.5 Å². The third-order valence-corrected chi connectivity index (χ3v) is 4.74. The minimum atomic E-state index is -4.29. The number of ether oxygens (including phenoxy) is 1. The second-order valence-corrected chi connectivity index (χ2v) is 6.75. The van der Waals surface area contributed by atoms with Crippen LogP contribution in [0.25, 0.3) is 0 Å². The molecule has 2 aromatic rings. The van der Waals surface area contributed by atoms with Crippen molar-refractivity contribution in [2.24, 2.45) is 0 Å². The molecule has 0 aromatic heterocycles. The number of aryl methyl sites for hydroxylation is 1. The number of halogens is 3. The smallest absolute Gasteiger partial charge is 0.381 e. The summed E-state index contributed by atoms with van der Waals surface area (Å²) in [4.78, 5) is 0. The van der Waals surface area contributed by atoms with E-state index in [1.54, 1.807) is 13.2 Å². The predicted octanol–water partition coefficient (Wildman–Crippen LogP) is 5.40. The van der Waals surface area contributed by atoms with E-state index in [2.05, 4.69) is 36.5 Å². The van der Waals surface area contributed by atoms with Gasteiger partial charge in [-0.3, -0.25) is 0 Å². The molecule has 0 amide bonds. The van der Waals surface area contributed by atoms with E-state index < -0.39 is 11.7 Å². The summed E-state index contributed by atoms with van der Waals surface area (Å²) in [6.07, 6.45) is -0.382. The number of benzene rings is 2. The van der Waals surface area contributed by atoms with E-state index in [1.165, 1.54) is 23.3 Å². The van der Waals surface area contributed by atoms with Crippen molar-refractivity contribution in [3.05, 3.63) is 70.8 Å². The topological polar surface area (TPSA) is 21.3 Å². The van der Waals surface area contributed by atoms with Crippen molar-refractivity contribution in [2.75, 3.05) is 13.7 Å². The minimum Gasteiger partial charge on any atom is -0.381 e. The normalized spacial score (nSPS) is 12.9. The fourth-order valence-corrected chi connectivity index (χ4v) is 3.01. The number of nitrogens with one attached hydrogen (secondary N) is 1. The molecule has 148 valence electrons. The fraction of sp³-hybridized carbons (Fsp3) is 0.455. The van der Waals surface area contributed by atoms with Crippen molar-refractivity contribution in [3.8, 4) is 0 Å². The van der Waals surface area contributed by atoms with Crippen LogP contribution in [-0.2, 0) is 30.3 Å². The number of methoxy groups -OCH3 is 1. The SMILES string of the molecule is CCC(CCc1ccc(CNCCc2cccc(C(F)(F)F)c2)cc1)OC. The van der Waals surface area contributed by atoms with Crippen molar-refractivity contribution in [3.63, 3.8) is 0 Å². The van der Waals surface area contributed by atoms with Gasteiger partial charge in [0.1, 0.15) is 0 Å². The van der Waals surface area contributed by atoms with Crippen molar-refractivity contribution < 1.29 is 17.9 Å². The van der Waals surface area contributed by atoms with Gasteiger partial charge in [0.15, 0.2) is 0 Å². The monoisotopic (exact) mass is 379 g/mol. The molecule has 2 rings (SSSR count). The summed E-state index contributed by atoms with van der Waals surface area (Å²) in [5.41, 5.74) is 2.56. The Kier molecular flexibility index (Phi) is 8.32. The van der Waals surface area contributed by atoms with Gasteiger partial charge in [-0.25, -0.2) is 0 Å². The molecule has 0 aliphatic carbocycles. The summed E-state index contributed by atoms with van der Waals surface area (Å²) >= 11 is 0. The lowest BCUT2D eigenvalue weighted by Crippen LogP contribution is -2.17. The van der Waals surface area contributed by atoms with Gasteiger partial charge in [0.25, 0.3) is 0 Å². The Labute approximate surface area is 159 Å². The summed E-state index contributed by atoms with van der Waals surface area (Å²) in [6, 6.07) is 14.0. The lowest BCUT2D eigenvalue weighted by Gasteiger charge is -2.13. The van der Waals surface area contributed by atoms with Crippen LogP contribution in [0, 0.1) is 0 Å². The molecule has 5 heteroatoms. The molecule has 1 unspecified atom stereocenters. The molecule has 0 bridgehead atoms. The van der Waals surface area contributed by atoms with E-state index in [4.69, 9.17) is 4.74 Å². The van der Waals surface area contributed by atoms with Crippen LogP contribution in [0.3, 0.4) is 0 Å². The largest absolute Gasteiger partial charge is 0.416 e. The molecule has 1 N–H and O–H groups in total. The Hall–Kier alpha value is -1.85. The predicted molar refractivity (Wildman–Crippen MR) is 103 cm³/mol. The molecule has 2 aromatic carbocycles. The summed E-state index contributed by atoms with van der Waals surface area (Å²) < 4.78 is 43.6. The minimum absolute atomic E-state index is 0.308. The maximum absolute atomic E-state index is 12.7.